The van der Waals surface area contributed by atoms with Crippen LogP contribution < -0.4 is 19.9 Å². The van der Waals surface area contributed by atoms with Crippen molar-refractivity contribution in [2.45, 2.75) is 26.0 Å². The number of carbonyl (C=O) groups excluding carboxylic acids is 2. The second-order valence-corrected chi connectivity index (χ2v) is 7.69. The van der Waals surface area contributed by atoms with Crippen LogP contribution >= 0.6 is 7.75 Å². The minimum absolute atomic E-state index is 0.00145. The average molecular weight is 437 g/mol. The van der Waals surface area contributed by atoms with E-state index in [0.29, 0.717) is 0 Å². The number of nitrogens with one attached hydrogen (secondary N) is 1. The molecule has 0 saturated heterocycles. The predicted molar refractivity (Wildman–Crippen MR) is 106 cm³/mol. The van der Waals surface area contributed by atoms with Crippen LogP contribution in [0.25, 0.3) is 0 Å². The number of benzene rings is 2. The number of amides is 1. The van der Waals surface area contributed by atoms with Crippen molar-refractivity contribution < 1.29 is 32.9 Å². The van der Waals surface area contributed by atoms with Gasteiger partial charge in [0.15, 0.2) is 6.10 Å². The minimum Gasteiger partial charge on any atom is -0.451 e. The number of ether oxygens (including phenoxy) is 1. The summed E-state index contributed by atoms with van der Waals surface area (Å²) in [6.07, 6.45) is -1.19. The van der Waals surface area contributed by atoms with Crippen LogP contribution in [0.1, 0.15) is 13.8 Å². The van der Waals surface area contributed by atoms with E-state index >= 15 is 0 Å². The Morgan fingerprint density at radius 2 is 1.57 bits per heavy atom. The van der Waals surface area contributed by atoms with Gasteiger partial charge in [0.05, 0.1) is 4.92 Å². The minimum atomic E-state index is -4.22. The highest BCUT2D eigenvalue weighted by atomic mass is 31.2. The summed E-state index contributed by atoms with van der Waals surface area (Å²) in [6.45, 7) is 2.62. The lowest BCUT2D eigenvalue weighted by atomic mass is 10.3. The molecule has 0 saturated carbocycles. The van der Waals surface area contributed by atoms with Gasteiger partial charge >= 0.3 is 13.7 Å². The molecule has 0 heterocycles. The van der Waals surface area contributed by atoms with E-state index in [4.69, 9.17) is 19.5 Å². The first-order valence-electron chi connectivity index (χ1n) is 8.66. The van der Waals surface area contributed by atoms with Crippen molar-refractivity contribution in [3.8, 4) is 11.5 Å². The summed E-state index contributed by atoms with van der Waals surface area (Å²) in [7, 11) is -4.22. The maximum atomic E-state index is 13.3. The molecule has 11 nitrogen and oxygen atoms in total. The van der Waals surface area contributed by atoms with Crippen molar-refractivity contribution in [2.75, 3.05) is 0 Å². The maximum absolute atomic E-state index is 13.3. The Morgan fingerprint density at radius 3 is 2.07 bits per heavy atom. The van der Waals surface area contributed by atoms with E-state index in [1.807, 2.05) is 0 Å². The van der Waals surface area contributed by atoms with E-state index in [0.717, 1.165) is 12.1 Å². The van der Waals surface area contributed by atoms with Crippen molar-refractivity contribution in [3.63, 3.8) is 0 Å². The molecule has 3 N–H and O–H groups in total. The van der Waals surface area contributed by atoms with Crippen LogP contribution in [0.5, 0.6) is 11.5 Å². The quantitative estimate of drug-likeness (QED) is 0.246. The van der Waals surface area contributed by atoms with Crippen LogP contribution in [0.2, 0.25) is 0 Å². The molecular formula is C18H20N3O8P. The van der Waals surface area contributed by atoms with Crippen molar-refractivity contribution in [3.05, 3.63) is 64.7 Å². The van der Waals surface area contributed by atoms with Crippen LogP contribution in [0.3, 0.4) is 0 Å². The van der Waals surface area contributed by atoms with Crippen molar-refractivity contribution in [1.29, 1.82) is 0 Å². The maximum Gasteiger partial charge on any atom is 0.513 e. The molecule has 2 aromatic carbocycles. The summed E-state index contributed by atoms with van der Waals surface area (Å²) >= 11 is 0. The number of nitro benzene ring substituents is 1. The molecule has 3 unspecified atom stereocenters. The molecule has 2 aromatic rings. The van der Waals surface area contributed by atoms with Gasteiger partial charge in [0, 0.05) is 12.1 Å². The topological polar surface area (TPSA) is 160 Å². The molecule has 1 amide bonds. The van der Waals surface area contributed by atoms with E-state index in [1.54, 1.807) is 18.2 Å². The normalized spacial score (nSPS) is 14.6. The first-order valence-corrected chi connectivity index (χ1v) is 10.2. The number of non-ortho nitro benzene ring substituents is 1. The molecule has 0 aliphatic rings. The third-order valence-electron chi connectivity index (χ3n) is 3.64. The number of hydrogen-bond acceptors (Lipinski definition) is 8. The highest BCUT2D eigenvalue weighted by molar-refractivity contribution is 7.52. The molecule has 2 rings (SSSR count). The molecule has 160 valence electrons. The van der Waals surface area contributed by atoms with Crippen LogP contribution in [-0.4, -0.2) is 28.9 Å². The smallest absolute Gasteiger partial charge is 0.451 e. The van der Waals surface area contributed by atoms with Crippen LogP contribution in [0, 0.1) is 10.1 Å². The Hall–Kier alpha value is -3.43. The highest BCUT2D eigenvalue weighted by Crippen LogP contribution is 2.45. The molecule has 0 aliphatic carbocycles. The second kappa shape index (κ2) is 9.86. The average Bonchev–Trinajstić information content (AvgIpc) is 2.68. The van der Waals surface area contributed by atoms with Crippen LogP contribution in [0.4, 0.5) is 5.69 Å². The SMILES string of the molecule is CC(NP(=O)(Oc1ccccc1)Oc1ccc([N+](=O)[O-])cc1)C(=O)OC(C)C(N)=O. The zero-order valence-corrected chi connectivity index (χ0v) is 17.0. The second-order valence-electron chi connectivity index (χ2n) is 6.08. The van der Waals surface area contributed by atoms with Gasteiger partial charge < -0.3 is 19.5 Å². The van der Waals surface area contributed by atoms with Crippen molar-refractivity contribution in [2.24, 2.45) is 5.73 Å². The van der Waals surface area contributed by atoms with Gasteiger partial charge in [-0.1, -0.05) is 18.2 Å². The lowest BCUT2D eigenvalue weighted by Gasteiger charge is -2.23. The molecule has 0 aromatic heterocycles. The molecule has 0 fully saturated rings. The van der Waals surface area contributed by atoms with Crippen LogP contribution in [0.15, 0.2) is 54.6 Å². The number of para-hydroxylation sites is 1. The summed E-state index contributed by atoms with van der Waals surface area (Å²) < 4.78 is 29.1. The van der Waals surface area contributed by atoms with Crippen LogP contribution in [-0.2, 0) is 18.9 Å². The molecule has 12 heteroatoms. The summed E-state index contributed by atoms with van der Waals surface area (Å²) in [5.41, 5.74) is 4.87. The lowest BCUT2D eigenvalue weighted by molar-refractivity contribution is -0.384. The number of esters is 1. The van der Waals surface area contributed by atoms with E-state index in [1.165, 1.54) is 38.1 Å². The largest absolute Gasteiger partial charge is 0.513 e. The standard InChI is InChI=1S/C18H20N3O8P/c1-12(18(23)27-13(2)17(19)22)20-30(26,28-15-6-4-3-5-7-15)29-16-10-8-14(9-11-16)21(24)25/h3-13H,1-2H3,(H2,19,22)(H,20,26). The fraction of sp³-hybridized carbons (Fsp3) is 0.222. The van der Waals surface area contributed by atoms with E-state index in [-0.39, 0.29) is 17.2 Å². The molecule has 0 radical (unpaired) electrons. The number of rotatable bonds is 10. The number of hydrogen-bond donors (Lipinski definition) is 2. The number of nitro groups is 1. The Bertz CT molecular complexity index is 952. The third kappa shape index (κ3) is 6.57. The van der Waals surface area contributed by atoms with Gasteiger partial charge in [0.2, 0.25) is 0 Å². The van der Waals surface area contributed by atoms with Gasteiger partial charge in [-0.3, -0.25) is 19.7 Å². The third-order valence-corrected chi connectivity index (χ3v) is 5.25. The van der Waals surface area contributed by atoms with Gasteiger partial charge in [0.1, 0.15) is 17.5 Å². The van der Waals surface area contributed by atoms with Gasteiger partial charge in [-0.2, -0.15) is 5.09 Å². The summed E-state index contributed by atoms with van der Waals surface area (Å²) in [5, 5.41) is 13.2. The molecule has 0 bridgehead atoms. The van der Waals surface area contributed by atoms with Gasteiger partial charge in [-0.15, -0.1) is 0 Å². The first-order chi connectivity index (χ1) is 14.1. The van der Waals surface area contributed by atoms with Gasteiger partial charge in [-0.05, 0) is 38.1 Å². The summed E-state index contributed by atoms with van der Waals surface area (Å²) in [4.78, 5) is 33.4. The molecule has 30 heavy (non-hydrogen) atoms. The fourth-order valence-electron chi connectivity index (χ4n) is 2.08. The fourth-order valence-corrected chi connectivity index (χ4v) is 3.60. The Morgan fingerprint density at radius 1 is 1.03 bits per heavy atom. The Labute approximate surface area is 171 Å². The number of nitrogens with zero attached hydrogens (tertiary/aromatic N) is 1. The highest BCUT2D eigenvalue weighted by Gasteiger charge is 2.34. The number of primary amides is 1. The summed E-state index contributed by atoms with van der Waals surface area (Å²) in [5.74, 6) is -1.58. The summed E-state index contributed by atoms with van der Waals surface area (Å²) in [6, 6.07) is 11.6. The monoisotopic (exact) mass is 437 g/mol. The van der Waals surface area contributed by atoms with E-state index < -0.39 is 36.7 Å². The molecule has 0 spiro atoms. The predicted octanol–water partition coefficient (Wildman–Crippen LogP) is 2.56. The van der Waals surface area contributed by atoms with Crippen molar-refractivity contribution in [1.82, 2.24) is 5.09 Å². The van der Waals surface area contributed by atoms with Crippen molar-refractivity contribution >= 4 is 25.3 Å². The Balaban J connectivity index is 2.22. The number of nitrogens with two attached hydrogens (primary N) is 1. The van der Waals surface area contributed by atoms with Gasteiger partial charge in [0.25, 0.3) is 11.6 Å². The molecule has 0 aliphatic heterocycles. The molecule has 3 atom stereocenters. The zero-order chi connectivity index (χ0) is 22.3. The zero-order valence-electron chi connectivity index (χ0n) is 16.1. The molecular weight excluding hydrogens is 417 g/mol. The number of carbonyl (C=O) groups is 2. The lowest BCUT2D eigenvalue weighted by Crippen LogP contribution is -2.40. The van der Waals surface area contributed by atoms with E-state index in [9.17, 15) is 24.3 Å². The Kier molecular flexibility index (Phi) is 7.51. The van der Waals surface area contributed by atoms with Gasteiger partial charge in [-0.25, -0.2) is 4.57 Å². The van der Waals surface area contributed by atoms with E-state index in [2.05, 4.69) is 5.09 Å². The first kappa shape index (κ1) is 22.9.